The molecule has 1 aliphatic rings. The molecule has 0 spiro atoms. The summed E-state index contributed by atoms with van der Waals surface area (Å²) in [5.74, 6) is 0.826. The van der Waals surface area contributed by atoms with Gasteiger partial charge in [-0.1, -0.05) is 11.6 Å². The Labute approximate surface area is 174 Å². The first kappa shape index (κ1) is 19.7. The van der Waals surface area contributed by atoms with E-state index in [0.717, 1.165) is 53.7 Å². The summed E-state index contributed by atoms with van der Waals surface area (Å²) < 4.78 is 0. The van der Waals surface area contributed by atoms with E-state index in [2.05, 4.69) is 30.9 Å². The Kier molecular flexibility index (Phi) is 5.97. The van der Waals surface area contributed by atoms with Gasteiger partial charge in [0.05, 0.1) is 6.54 Å². The second kappa shape index (κ2) is 8.80. The number of carbonyl (C=O) groups excluding carboxylic acids is 1. The molecule has 0 radical (unpaired) electrons. The summed E-state index contributed by atoms with van der Waals surface area (Å²) in [6, 6.07) is 8.43. The first-order chi connectivity index (χ1) is 14.1. The van der Waals surface area contributed by atoms with Crippen LogP contribution < -0.4 is 16.0 Å². The molecule has 152 valence electrons. The van der Waals surface area contributed by atoms with Crippen LogP contribution in [0.4, 0.5) is 5.82 Å². The van der Waals surface area contributed by atoms with E-state index in [4.69, 9.17) is 11.6 Å². The van der Waals surface area contributed by atoms with Gasteiger partial charge < -0.3 is 20.9 Å². The highest BCUT2D eigenvalue weighted by molar-refractivity contribution is 6.29. The van der Waals surface area contributed by atoms with Crippen LogP contribution >= 0.6 is 11.6 Å². The number of anilines is 1. The number of aromatic amines is 1. The van der Waals surface area contributed by atoms with E-state index in [1.54, 1.807) is 13.2 Å². The molecule has 0 unspecified atom stereocenters. The number of amides is 1. The number of H-pyrrole nitrogens is 1. The summed E-state index contributed by atoms with van der Waals surface area (Å²) in [6.45, 7) is 0.358. The number of nitrogens with zero attached hydrogens (tertiary/aromatic N) is 2. The Balaban J connectivity index is 1.43. The number of pyridine rings is 2. The number of aromatic nitrogens is 3. The topological polar surface area (TPSA) is 94.7 Å². The number of halogens is 1. The van der Waals surface area contributed by atoms with E-state index in [-0.39, 0.29) is 11.9 Å². The molecule has 3 heterocycles. The van der Waals surface area contributed by atoms with Crippen LogP contribution in [-0.2, 0) is 4.79 Å². The number of carbonyl (C=O) groups is 1. The van der Waals surface area contributed by atoms with Crippen molar-refractivity contribution in [1.82, 2.24) is 25.6 Å². The molecule has 29 heavy (non-hydrogen) atoms. The first-order valence-corrected chi connectivity index (χ1v) is 10.3. The van der Waals surface area contributed by atoms with Crippen LogP contribution in [0.15, 0.2) is 36.7 Å². The van der Waals surface area contributed by atoms with Gasteiger partial charge >= 0.3 is 0 Å². The van der Waals surface area contributed by atoms with Crippen LogP contribution in [0, 0.1) is 0 Å². The van der Waals surface area contributed by atoms with Crippen molar-refractivity contribution >= 4 is 34.4 Å². The van der Waals surface area contributed by atoms with Crippen LogP contribution in [0.2, 0.25) is 5.15 Å². The minimum Gasteiger partial charge on any atom is -0.367 e. The molecule has 0 saturated heterocycles. The fourth-order valence-electron chi connectivity index (χ4n) is 3.95. The largest absolute Gasteiger partial charge is 0.367 e. The minimum atomic E-state index is 0.0540. The van der Waals surface area contributed by atoms with Crippen molar-refractivity contribution < 1.29 is 4.79 Å². The average molecular weight is 413 g/mol. The molecule has 1 amide bonds. The van der Waals surface area contributed by atoms with Crippen molar-refractivity contribution in [2.24, 2.45) is 0 Å². The van der Waals surface area contributed by atoms with Crippen LogP contribution in [0.3, 0.4) is 0 Å². The highest BCUT2D eigenvalue weighted by Crippen LogP contribution is 2.31. The van der Waals surface area contributed by atoms with E-state index >= 15 is 0 Å². The van der Waals surface area contributed by atoms with Crippen molar-refractivity contribution in [3.63, 3.8) is 0 Å². The third-order valence-electron chi connectivity index (χ3n) is 5.34. The summed E-state index contributed by atoms with van der Waals surface area (Å²) in [5.41, 5.74) is 2.90. The molecule has 0 aliphatic heterocycles. The lowest BCUT2D eigenvalue weighted by molar-refractivity contribution is -0.121. The molecule has 8 heteroatoms. The normalized spacial score (nSPS) is 19.2. The lowest BCUT2D eigenvalue weighted by Crippen LogP contribution is -2.43. The van der Waals surface area contributed by atoms with Crippen molar-refractivity contribution in [3.8, 4) is 11.1 Å². The molecular formula is C21H25ClN6O. The lowest BCUT2D eigenvalue weighted by Gasteiger charge is -2.30. The van der Waals surface area contributed by atoms with Crippen molar-refractivity contribution in [2.45, 2.75) is 37.8 Å². The highest BCUT2D eigenvalue weighted by atomic mass is 35.5. The fraction of sp³-hybridized carbons (Fsp3) is 0.381. The van der Waals surface area contributed by atoms with Gasteiger partial charge in [-0.3, -0.25) is 4.79 Å². The SMILES string of the molecule is CNCC(=O)NC1CCC(Nc2cc(-c3c[nH]c4ncccc34)cc(Cl)n2)CC1. The van der Waals surface area contributed by atoms with E-state index in [1.165, 1.54) is 0 Å². The predicted octanol–water partition coefficient (Wildman–Crippen LogP) is 3.34. The highest BCUT2D eigenvalue weighted by Gasteiger charge is 2.22. The minimum absolute atomic E-state index is 0.0540. The van der Waals surface area contributed by atoms with Crippen LogP contribution in [0.25, 0.3) is 22.2 Å². The number of hydrogen-bond donors (Lipinski definition) is 4. The molecule has 0 aromatic carbocycles. The van der Waals surface area contributed by atoms with Gasteiger partial charge in [-0.2, -0.15) is 0 Å². The summed E-state index contributed by atoms with van der Waals surface area (Å²) in [6.07, 6.45) is 7.58. The predicted molar refractivity (Wildman–Crippen MR) is 116 cm³/mol. The van der Waals surface area contributed by atoms with E-state index < -0.39 is 0 Å². The summed E-state index contributed by atoms with van der Waals surface area (Å²) in [7, 11) is 1.78. The van der Waals surface area contributed by atoms with Crippen molar-refractivity contribution in [3.05, 3.63) is 41.8 Å². The zero-order valence-electron chi connectivity index (χ0n) is 16.3. The van der Waals surface area contributed by atoms with E-state index in [1.807, 2.05) is 30.5 Å². The molecule has 3 aromatic heterocycles. The Bertz CT molecular complexity index is 996. The van der Waals surface area contributed by atoms with Gasteiger partial charge in [-0.05, 0) is 62.6 Å². The summed E-state index contributed by atoms with van der Waals surface area (Å²) >= 11 is 6.32. The molecular weight excluding hydrogens is 388 g/mol. The van der Waals surface area contributed by atoms with Gasteiger partial charge in [-0.15, -0.1) is 0 Å². The van der Waals surface area contributed by atoms with E-state index in [0.29, 0.717) is 17.7 Å². The summed E-state index contributed by atoms with van der Waals surface area (Å²) in [4.78, 5) is 23.8. The molecule has 0 bridgehead atoms. The van der Waals surface area contributed by atoms with E-state index in [9.17, 15) is 4.79 Å². The second-order valence-electron chi connectivity index (χ2n) is 7.46. The molecule has 0 atom stereocenters. The third-order valence-corrected chi connectivity index (χ3v) is 5.53. The Hall–Kier alpha value is -2.64. The smallest absolute Gasteiger partial charge is 0.234 e. The fourth-order valence-corrected chi connectivity index (χ4v) is 4.16. The first-order valence-electron chi connectivity index (χ1n) is 9.93. The number of likely N-dealkylation sites (N-methyl/N-ethyl adjacent to an activating group) is 1. The molecule has 7 nitrogen and oxygen atoms in total. The zero-order valence-corrected chi connectivity index (χ0v) is 17.1. The van der Waals surface area contributed by atoms with Crippen LogP contribution in [0.5, 0.6) is 0 Å². The number of hydrogen-bond acceptors (Lipinski definition) is 5. The maximum absolute atomic E-state index is 11.7. The lowest BCUT2D eigenvalue weighted by atomic mass is 9.91. The molecule has 4 N–H and O–H groups in total. The zero-order chi connectivity index (χ0) is 20.2. The maximum atomic E-state index is 11.7. The Morgan fingerprint density at radius 1 is 1.24 bits per heavy atom. The van der Waals surface area contributed by atoms with Crippen LogP contribution in [-0.4, -0.2) is 46.5 Å². The molecule has 1 fully saturated rings. The number of fused-ring (bicyclic) bond motifs is 1. The standard InChI is InChI=1S/C21H25ClN6O/c1-23-12-20(29)27-15-6-4-14(5-7-15)26-19-10-13(9-18(22)28-19)17-11-25-21-16(17)3-2-8-24-21/h2-3,8-11,14-15,23H,4-7,12H2,1H3,(H,24,25)(H,26,28)(H,27,29). The molecule has 3 aromatic rings. The van der Waals surface area contributed by atoms with Gasteiger partial charge in [0.2, 0.25) is 5.91 Å². The Morgan fingerprint density at radius 2 is 2.03 bits per heavy atom. The average Bonchev–Trinajstić information content (AvgIpc) is 3.13. The van der Waals surface area contributed by atoms with Crippen LogP contribution in [0.1, 0.15) is 25.7 Å². The monoisotopic (exact) mass is 412 g/mol. The van der Waals surface area contributed by atoms with Crippen molar-refractivity contribution in [2.75, 3.05) is 18.9 Å². The third kappa shape index (κ3) is 4.68. The summed E-state index contributed by atoms with van der Waals surface area (Å²) in [5, 5.41) is 11.0. The van der Waals surface area contributed by atoms with Gasteiger partial charge in [-0.25, -0.2) is 9.97 Å². The molecule has 4 rings (SSSR count). The van der Waals surface area contributed by atoms with Gasteiger partial charge in [0.1, 0.15) is 16.6 Å². The molecule has 1 saturated carbocycles. The molecule has 1 aliphatic carbocycles. The quantitative estimate of drug-likeness (QED) is 0.466. The van der Waals surface area contributed by atoms with Gasteiger partial charge in [0.15, 0.2) is 0 Å². The Morgan fingerprint density at radius 3 is 2.83 bits per heavy atom. The van der Waals surface area contributed by atoms with Crippen molar-refractivity contribution in [1.29, 1.82) is 0 Å². The number of nitrogens with one attached hydrogen (secondary N) is 4. The van der Waals surface area contributed by atoms with Gasteiger partial charge in [0.25, 0.3) is 0 Å². The number of rotatable bonds is 6. The van der Waals surface area contributed by atoms with Gasteiger partial charge in [0, 0.05) is 35.4 Å². The second-order valence-corrected chi connectivity index (χ2v) is 7.84. The maximum Gasteiger partial charge on any atom is 0.234 e.